The minimum absolute atomic E-state index is 0.0573. The van der Waals surface area contributed by atoms with Crippen molar-refractivity contribution in [1.29, 1.82) is 0 Å². The number of rotatable bonds is 6. The zero-order valence-electron chi connectivity index (χ0n) is 20.8. The molecule has 1 aliphatic heterocycles. The fourth-order valence-electron chi connectivity index (χ4n) is 5.96. The molecule has 8 nitrogen and oxygen atoms in total. The maximum Gasteiger partial charge on any atom is 0.228 e. The number of carbonyl (C=O) groups excluding carboxylic acids is 1. The first-order chi connectivity index (χ1) is 17.7. The van der Waals surface area contributed by atoms with Gasteiger partial charge in [-0.3, -0.25) is 4.79 Å². The summed E-state index contributed by atoms with van der Waals surface area (Å²) >= 11 is 0. The molecule has 3 aromatic rings. The van der Waals surface area contributed by atoms with Gasteiger partial charge in [0.25, 0.3) is 0 Å². The monoisotopic (exact) mass is 525 g/mol. The molecule has 2 heterocycles. The third-order valence-electron chi connectivity index (χ3n) is 8.27. The van der Waals surface area contributed by atoms with Crippen LogP contribution in [0.5, 0.6) is 0 Å². The first kappa shape index (κ1) is 25.5. The number of benzene rings is 2. The predicted molar refractivity (Wildman–Crippen MR) is 137 cm³/mol. The summed E-state index contributed by atoms with van der Waals surface area (Å²) in [7, 11) is -3.69. The highest BCUT2D eigenvalue weighted by Gasteiger charge is 2.43. The molecule has 1 aromatic heterocycles. The highest BCUT2D eigenvalue weighted by Crippen LogP contribution is 2.44. The second-order valence-electron chi connectivity index (χ2n) is 10.3. The van der Waals surface area contributed by atoms with Gasteiger partial charge >= 0.3 is 0 Å². The second kappa shape index (κ2) is 9.98. The van der Waals surface area contributed by atoms with Gasteiger partial charge in [-0.1, -0.05) is 42.5 Å². The molecule has 196 valence electrons. The zero-order valence-corrected chi connectivity index (χ0v) is 21.6. The lowest BCUT2D eigenvalue weighted by Gasteiger charge is -2.39. The lowest BCUT2D eigenvalue weighted by molar-refractivity contribution is -0.125. The topological polar surface area (TPSA) is 111 Å². The lowest BCUT2D eigenvalue weighted by atomic mass is 9.67. The molecular weight excluding hydrogens is 493 g/mol. The summed E-state index contributed by atoms with van der Waals surface area (Å²) in [6.45, 7) is 1.81. The molecular formula is C27H32FN5O3S. The standard InChI is InChI=1S/C27H32FN5O3S/c1-19-7-10-25(20-5-3-2-4-6-20)37(35,36)33(19)16-21-8-9-22(15-24(21)28)27(26(29)34)13-11-23(12-14-27)32-17-30-31-18-32/h2-6,8-9,15,17-19,23,25H,7,10-14,16H2,1H3,(H2,29,34)/t19-,23?,25+,27?/m0/s1. The van der Waals surface area contributed by atoms with E-state index in [4.69, 9.17) is 5.73 Å². The average Bonchev–Trinajstić information content (AvgIpc) is 3.43. The largest absolute Gasteiger partial charge is 0.369 e. The van der Waals surface area contributed by atoms with E-state index < -0.39 is 32.4 Å². The van der Waals surface area contributed by atoms with Crippen molar-refractivity contribution in [1.82, 2.24) is 19.1 Å². The number of hydrogen-bond donors (Lipinski definition) is 1. The first-order valence-electron chi connectivity index (χ1n) is 12.7. The van der Waals surface area contributed by atoms with Crippen LogP contribution in [0.2, 0.25) is 0 Å². The van der Waals surface area contributed by atoms with Crippen LogP contribution in [0.4, 0.5) is 4.39 Å². The fourth-order valence-corrected chi connectivity index (χ4v) is 8.15. The smallest absolute Gasteiger partial charge is 0.228 e. The van der Waals surface area contributed by atoms with E-state index in [2.05, 4.69) is 10.2 Å². The Morgan fingerprint density at radius 3 is 2.35 bits per heavy atom. The summed E-state index contributed by atoms with van der Waals surface area (Å²) in [5, 5.41) is 7.07. The molecule has 1 saturated carbocycles. The molecule has 2 atom stereocenters. The van der Waals surface area contributed by atoms with E-state index in [1.54, 1.807) is 24.8 Å². The Bertz CT molecular complexity index is 1360. The third-order valence-corrected chi connectivity index (χ3v) is 10.6. The summed E-state index contributed by atoms with van der Waals surface area (Å²) in [5.41, 5.74) is 6.49. The van der Waals surface area contributed by atoms with E-state index in [1.807, 2.05) is 41.8 Å². The van der Waals surface area contributed by atoms with Crippen molar-refractivity contribution in [2.24, 2.45) is 5.73 Å². The molecule has 0 unspecified atom stereocenters. The number of halogens is 1. The SMILES string of the molecule is C[C@H]1CC[C@H](c2ccccc2)S(=O)(=O)N1Cc1ccc(C2(C(N)=O)CCC(n3cnnc3)CC2)cc1F. The Morgan fingerprint density at radius 2 is 1.73 bits per heavy atom. The second-order valence-corrected chi connectivity index (χ2v) is 12.4. The number of nitrogens with zero attached hydrogens (tertiary/aromatic N) is 4. The van der Waals surface area contributed by atoms with Crippen molar-refractivity contribution in [2.75, 3.05) is 0 Å². The van der Waals surface area contributed by atoms with Gasteiger partial charge in [0.1, 0.15) is 23.7 Å². The van der Waals surface area contributed by atoms with Gasteiger partial charge in [0.05, 0.1) is 5.41 Å². The highest BCUT2D eigenvalue weighted by atomic mass is 32.2. The summed E-state index contributed by atoms with van der Waals surface area (Å²) in [6, 6.07) is 13.8. The minimum Gasteiger partial charge on any atom is -0.369 e. The van der Waals surface area contributed by atoms with Crippen molar-refractivity contribution in [3.05, 3.63) is 83.7 Å². The number of carbonyl (C=O) groups is 1. The molecule has 1 aliphatic carbocycles. The van der Waals surface area contributed by atoms with Gasteiger partial charge < -0.3 is 10.3 Å². The number of nitrogens with two attached hydrogens (primary N) is 1. The molecule has 1 saturated heterocycles. The van der Waals surface area contributed by atoms with E-state index in [0.29, 0.717) is 44.1 Å². The van der Waals surface area contributed by atoms with Crippen LogP contribution in [0.25, 0.3) is 0 Å². The van der Waals surface area contributed by atoms with Crippen molar-refractivity contribution < 1.29 is 17.6 Å². The molecule has 0 bridgehead atoms. The van der Waals surface area contributed by atoms with Gasteiger partial charge in [0.2, 0.25) is 15.9 Å². The number of sulfonamides is 1. The predicted octanol–water partition coefficient (Wildman–Crippen LogP) is 4.01. The van der Waals surface area contributed by atoms with Crippen molar-refractivity contribution in [2.45, 2.75) is 74.7 Å². The van der Waals surface area contributed by atoms with Crippen LogP contribution < -0.4 is 5.73 Å². The van der Waals surface area contributed by atoms with Crippen LogP contribution in [-0.4, -0.2) is 39.4 Å². The number of hydrogen-bond acceptors (Lipinski definition) is 5. The first-order valence-corrected chi connectivity index (χ1v) is 14.2. The molecule has 2 fully saturated rings. The molecule has 1 amide bonds. The van der Waals surface area contributed by atoms with Gasteiger partial charge in [-0.05, 0) is 62.6 Å². The van der Waals surface area contributed by atoms with Gasteiger partial charge in [0, 0.05) is 24.2 Å². The molecule has 10 heteroatoms. The van der Waals surface area contributed by atoms with Crippen molar-refractivity contribution >= 4 is 15.9 Å². The Balaban J connectivity index is 1.38. The number of primary amides is 1. The maximum atomic E-state index is 15.5. The Kier molecular flexibility index (Phi) is 6.89. The van der Waals surface area contributed by atoms with Crippen LogP contribution in [0.3, 0.4) is 0 Å². The van der Waals surface area contributed by atoms with E-state index >= 15 is 4.39 Å². The highest BCUT2D eigenvalue weighted by molar-refractivity contribution is 7.89. The Labute approximate surface area is 216 Å². The minimum atomic E-state index is -3.69. The van der Waals surface area contributed by atoms with Crippen molar-refractivity contribution in [3.8, 4) is 0 Å². The van der Waals surface area contributed by atoms with E-state index in [-0.39, 0.29) is 24.2 Å². The summed E-state index contributed by atoms with van der Waals surface area (Å²) in [5.74, 6) is -0.997. The Morgan fingerprint density at radius 1 is 1.05 bits per heavy atom. The van der Waals surface area contributed by atoms with E-state index in [0.717, 1.165) is 5.56 Å². The van der Waals surface area contributed by atoms with Gasteiger partial charge in [0.15, 0.2) is 0 Å². The third kappa shape index (κ3) is 4.68. The molecule has 2 N–H and O–H groups in total. The van der Waals surface area contributed by atoms with Crippen molar-refractivity contribution in [3.63, 3.8) is 0 Å². The van der Waals surface area contributed by atoms with Gasteiger partial charge in [-0.25, -0.2) is 12.8 Å². The lowest BCUT2D eigenvalue weighted by Crippen LogP contribution is -2.45. The fraction of sp³-hybridized carbons (Fsp3) is 0.444. The normalized spacial score (nSPS) is 28.1. The van der Waals surface area contributed by atoms with Crippen LogP contribution in [0.1, 0.15) is 73.4 Å². The molecule has 5 rings (SSSR count). The quantitative estimate of drug-likeness (QED) is 0.523. The Hall–Kier alpha value is -3.11. The zero-order chi connectivity index (χ0) is 26.2. The molecule has 2 aliphatic rings. The molecule has 37 heavy (non-hydrogen) atoms. The van der Waals surface area contributed by atoms with Gasteiger partial charge in [-0.15, -0.1) is 10.2 Å². The number of aromatic nitrogens is 3. The van der Waals surface area contributed by atoms with Crippen LogP contribution in [0, 0.1) is 5.82 Å². The summed E-state index contributed by atoms with van der Waals surface area (Å²) < 4.78 is 46.0. The molecule has 0 radical (unpaired) electrons. The maximum absolute atomic E-state index is 15.5. The summed E-state index contributed by atoms with van der Waals surface area (Å²) in [6.07, 6.45) is 6.90. The van der Waals surface area contributed by atoms with E-state index in [1.165, 1.54) is 10.4 Å². The van der Waals surface area contributed by atoms with E-state index in [9.17, 15) is 13.2 Å². The molecule has 2 aromatic carbocycles. The molecule has 0 spiro atoms. The summed E-state index contributed by atoms with van der Waals surface area (Å²) in [4.78, 5) is 12.7. The van der Waals surface area contributed by atoms with Crippen LogP contribution >= 0.6 is 0 Å². The van der Waals surface area contributed by atoms with Crippen LogP contribution in [-0.2, 0) is 26.8 Å². The van der Waals surface area contributed by atoms with Crippen LogP contribution in [0.15, 0.2) is 61.2 Å². The number of amides is 1. The van der Waals surface area contributed by atoms with Gasteiger partial charge in [-0.2, -0.15) is 4.31 Å². The average molecular weight is 526 g/mol.